The Hall–Kier alpha value is -3.49. The van der Waals surface area contributed by atoms with E-state index in [2.05, 4.69) is 20.9 Å². The maximum Gasteiger partial charge on any atom is 0.331 e. The number of aromatic nitrogens is 3. The summed E-state index contributed by atoms with van der Waals surface area (Å²) in [5.41, 5.74) is 1.57. The summed E-state index contributed by atoms with van der Waals surface area (Å²) in [6.07, 6.45) is 4.29. The first kappa shape index (κ1) is 18.8. The molecule has 2 amide bonds. The second-order valence-electron chi connectivity index (χ2n) is 5.22. The van der Waals surface area contributed by atoms with E-state index in [0.29, 0.717) is 12.2 Å². The number of rotatable bonds is 8. The summed E-state index contributed by atoms with van der Waals surface area (Å²) >= 11 is 0. The van der Waals surface area contributed by atoms with Crippen LogP contribution in [0.5, 0.6) is 0 Å². The van der Waals surface area contributed by atoms with E-state index < -0.39 is 18.5 Å². The van der Waals surface area contributed by atoms with Crippen LogP contribution in [0, 0.1) is 0 Å². The normalized spacial score (nSPS) is 10.5. The Bertz CT molecular complexity index is 785. The predicted octanol–water partition coefficient (Wildman–Crippen LogP) is -0.255. The molecule has 0 unspecified atom stereocenters. The van der Waals surface area contributed by atoms with Crippen molar-refractivity contribution in [3.05, 3.63) is 53.9 Å². The van der Waals surface area contributed by atoms with Gasteiger partial charge in [-0.3, -0.25) is 9.59 Å². The molecule has 0 fully saturated rings. The van der Waals surface area contributed by atoms with Gasteiger partial charge >= 0.3 is 5.97 Å². The van der Waals surface area contributed by atoms with E-state index in [9.17, 15) is 14.4 Å². The number of hydrogen-bond acceptors (Lipinski definition) is 6. The zero-order valence-corrected chi connectivity index (χ0v) is 14.2. The third kappa shape index (κ3) is 6.56. The number of amides is 2. The third-order valence-electron chi connectivity index (χ3n) is 3.20. The maximum atomic E-state index is 11.6. The van der Waals surface area contributed by atoms with Crippen molar-refractivity contribution in [3.63, 3.8) is 0 Å². The van der Waals surface area contributed by atoms with Crippen LogP contribution in [0.3, 0.4) is 0 Å². The summed E-state index contributed by atoms with van der Waals surface area (Å²) in [7, 11) is 1.45. The Morgan fingerprint density at radius 3 is 2.69 bits per heavy atom. The molecule has 0 aliphatic rings. The second kappa shape index (κ2) is 9.72. The summed E-state index contributed by atoms with van der Waals surface area (Å²) in [6, 6.07) is 9.76. The summed E-state index contributed by atoms with van der Waals surface area (Å²) in [5.74, 6) is -1.61. The topological polar surface area (TPSA) is 115 Å². The van der Waals surface area contributed by atoms with Gasteiger partial charge in [-0.25, -0.2) is 9.48 Å². The molecule has 0 aliphatic carbocycles. The lowest BCUT2D eigenvalue weighted by Crippen LogP contribution is -2.37. The molecule has 0 radical (unpaired) electrons. The van der Waals surface area contributed by atoms with Crippen LogP contribution in [0.4, 0.5) is 0 Å². The number of hydrogen-bond donors (Lipinski definition) is 2. The number of nitrogens with zero attached hydrogens (tertiary/aromatic N) is 3. The van der Waals surface area contributed by atoms with Gasteiger partial charge < -0.3 is 15.4 Å². The Balaban J connectivity index is 1.76. The number of nitrogens with one attached hydrogen (secondary N) is 2. The third-order valence-corrected chi connectivity index (χ3v) is 3.20. The van der Waals surface area contributed by atoms with E-state index in [-0.39, 0.29) is 12.5 Å². The molecule has 136 valence electrons. The zero-order valence-electron chi connectivity index (χ0n) is 14.2. The molecule has 0 saturated heterocycles. The molecule has 0 bridgehead atoms. The van der Waals surface area contributed by atoms with Crippen molar-refractivity contribution in [1.82, 2.24) is 25.6 Å². The minimum absolute atomic E-state index is 0.173. The maximum absolute atomic E-state index is 11.6. The molecule has 0 aliphatic heterocycles. The Morgan fingerprint density at radius 2 is 1.96 bits per heavy atom. The van der Waals surface area contributed by atoms with E-state index in [1.807, 2.05) is 30.3 Å². The smallest absolute Gasteiger partial charge is 0.331 e. The van der Waals surface area contributed by atoms with E-state index in [1.165, 1.54) is 13.1 Å². The van der Waals surface area contributed by atoms with Gasteiger partial charge in [-0.1, -0.05) is 35.5 Å². The lowest BCUT2D eigenvalue weighted by Gasteiger charge is -2.04. The number of carbonyl (C=O) groups is 3. The molecule has 0 atom stereocenters. The largest absolute Gasteiger partial charge is 0.452 e. The molecule has 0 spiro atoms. The highest BCUT2D eigenvalue weighted by Crippen LogP contribution is 2.03. The van der Waals surface area contributed by atoms with E-state index in [0.717, 1.165) is 11.6 Å². The van der Waals surface area contributed by atoms with Gasteiger partial charge in [0.15, 0.2) is 6.61 Å². The van der Waals surface area contributed by atoms with Gasteiger partial charge in [-0.15, -0.1) is 5.10 Å². The molecule has 2 rings (SSSR count). The molecule has 26 heavy (non-hydrogen) atoms. The fraction of sp³-hybridized carbons (Fsp3) is 0.235. The van der Waals surface area contributed by atoms with Crippen LogP contribution in [-0.4, -0.2) is 53.0 Å². The van der Waals surface area contributed by atoms with E-state index >= 15 is 0 Å². The molecule has 9 nitrogen and oxygen atoms in total. The monoisotopic (exact) mass is 357 g/mol. The predicted molar refractivity (Wildman–Crippen MR) is 92.6 cm³/mol. The lowest BCUT2D eigenvalue weighted by molar-refractivity contribution is -0.143. The van der Waals surface area contributed by atoms with Crippen molar-refractivity contribution in [2.75, 3.05) is 20.2 Å². The SMILES string of the molecule is CNC(=O)CNC(=O)COC(=O)/C=C/c1cn(Cc2ccccc2)nn1. The summed E-state index contributed by atoms with van der Waals surface area (Å²) in [4.78, 5) is 34.0. The molecule has 1 aromatic carbocycles. The number of likely N-dealkylation sites (N-methyl/N-ethyl adjacent to an activating group) is 1. The van der Waals surface area contributed by atoms with Crippen molar-refractivity contribution >= 4 is 23.9 Å². The lowest BCUT2D eigenvalue weighted by atomic mass is 10.2. The van der Waals surface area contributed by atoms with Crippen LogP contribution in [0.15, 0.2) is 42.6 Å². The van der Waals surface area contributed by atoms with Gasteiger partial charge in [0.25, 0.3) is 5.91 Å². The van der Waals surface area contributed by atoms with Crippen molar-refractivity contribution in [2.24, 2.45) is 0 Å². The van der Waals surface area contributed by atoms with Crippen LogP contribution < -0.4 is 10.6 Å². The number of benzene rings is 1. The van der Waals surface area contributed by atoms with Gasteiger partial charge in [0, 0.05) is 13.1 Å². The van der Waals surface area contributed by atoms with Gasteiger partial charge in [-0.2, -0.15) is 0 Å². The second-order valence-corrected chi connectivity index (χ2v) is 5.22. The molecule has 1 heterocycles. The number of carbonyl (C=O) groups excluding carboxylic acids is 3. The fourth-order valence-electron chi connectivity index (χ4n) is 1.89. The molecular formula is C17H19N5O4. The average Bonchev–Trinajstić information content (AvgIpc) is 3.10. The molecule has 9 heteroatoms. The van der Waals surface area contributed by atoms with Crippen molar-refractivity contribution < 1.29 is 19.1 Å². The Morgan fingerprint density at radius 1 is 1.19 bits per heavy atom. The molecule has 2 N–H and O–H groups in total. The Labute approximate surface area is 150 Å². The summed E-state index contributed by atoms with van der Waals surface area (Å²) < 4.78 is 6.41. The highest BCUT2D eigenvalue weighted by Gasteiger charge is 2.07. The van der Waals surface area contributed by atoms with Gasteiger partial charge in [0.2, 0.25) is 5.91 Å². The molecule has 2 aromatic rings. The fourth-order valence-corrected chi connectivity index (χ4v) is 1.89. The first-order chi connectivity index (χ1) is 12.6. The van der Waals surface area contributed by atoms with Crippen LogP contribution in [-0.2, 0) is 25.7 Å². The average molecular weight is 357 g/mol. The summed E-state index contributed by atoms with van der Waals surface area (Å²) in [5, 5.41) is 12.6. The minimum Gasteiger partial charge on any atom is -0.452 e. The van der Waals surface area contributed by atoms with Crippen molar-refractivity contribution in [3.8, 4) is 0 Å². The van der Waals surface area contributed by atoms with Crippen LogP contribution in [0.1, 0.15) is 11.3 Å². The standard InChI is InChI=1S/C17H19N5O4/c1-18-15(23)9-19-16(24)12-26-17(25)8-7-14-11-22(21-20-14)10-13-5-3-2-4-6-13/h2-8,11H,9-10,12H2,1H3,(H,18,23)(H,19,24)/b8-7+. The van der Waals surface area contributed by atoms with Crippen molar-refractivity contribution in [1.29, 1.82) is 0 Å². The minimum atomic E-state index is -0.697. The van der Waals surface area contributed by atoms with Gasteiger partial charge in [0.05, 0.1) is 19.3 Å². The Kier molecular flexibility index (Phi) is 7.04. The molecular weight excluding hydrogens is 338 g/mol. The molecule has 1 aromatic heterocycles. The van der Waals surface area contributed by atoms with Gasteiger partial charge in [0.1, 0.15) is 5.69 Å². The van der Waals surface area contributed by atoms with Crippen LogP contribution >= 0.6 is 0 Å². The highest BCUT2D eigenvalue weighted by atomic mass is 16.5. The number of ether oxygens (including phenoxy) is 1. The summed E-state index contributed by atoms with van der Waals surface area (Å²) in [6.45, 7) is -0.0776. The van der Waals surface area contributed by atoms with Gasteiger partial charge in [-0.05, 0) is 11.6 Å². The quantitative estimate of drug-likeness (QED) is 0.497. The highest BCUT2D eigenvalue weighted by molar-refractivity contribution is 5.90. The first-order valence-electron chi connectivity index (χ1n) is 7.83. The molecule has 0 saturated carbocycles. The first-order valence-corrected chi connectivity index (χ1v) is 7.83. The van der Waals surface area contributed by atoms with E-state index in [1.54, 1.807) is 10.9 Å². The van der Waals surface area contributed by atoms with Crippen molar-refractivity contribution in [2.45, 2.75) is 6.54 Å². The van der Waals surface area contributed by atoms with Crippen LogP contribution in [0.2, 0.25) is 0 Å². The zero-order chi connectivity index (χ0) is 18.8. The van der Waals surface area contributed by atoms with E-state index in [4.69, 9.17) is 4.74 Å². The van der Waals surface area contributed by atoms with Crippen LogP contribution in [0.25, 0.3) is 6.08 Å². The number of esters is 1.